The number of benzene rings is 2. The lowest BCUT2D eigenvalue weighted by atomic mass is 10.0. The van der Waals surface area contributed by atoms with Crippen molar-refractivity contribution in [3.8, 4) is 0 Å². The van der Waals surface area contributed by atoms with Gasteiger partial charge >= 0.3 is 0 Å². The van der Waals surface area contributed by atoms with Gasteiger partial charge in [0.2, 0.25) is 23.6 Å². The first-order valence-electron chi connectivity index (χ1n) is 15.4. The SMILES string of the molecule is CN[C@@H](Cc1ccccc1)C(=O)N[C@@H](CCCCN)C(=O)N1CCC[C@H]1C(=O)N[C@@H](C)C(=O)N[C@H](C=O)Cc1ccccc1. The van der Waals surface area contributed by atoms with E-state index >= 15 is 0 Å². The molecule has 1 fully saturated rings. The molecule has 0 aromatic heterocycles. The Morgan fingerprint density at radius 3 is 2.11 bits per heavy atom. The fourth-order valence-electron chi connectivity index (χ4n) is 5.39. The number of amides is 4. The minimum absolute atomic E-state index is 0.298. The number of likely N-dealkylation sites (N-methyl/N-ethyl adjacent to an activating group) is 1. The summed E-state index contributed by atoms with van der Waals surface area (Å²) >= 11 is 0. The number of rotatable bonds is 17. The monoisotopic (exact) mass is 606 g/mol. The van der Waals surface area contributed by atoms with Crippen LogP contribution in [0.1, 0.15) is 50.2 Å². The van der Waals surface area contributed by atoms with Crippen molar-refractivity contribution in [2.75, 3.05) is 20.1 Å². The first-order chi connectivity index (χ1) is 21.3. The van der Waals surface area contributed by atoms with Crippen LogP contribution in [-0.4, -0.2) is 85.2 Å². The maximum Gasteiger partial charge on any atom is 0.245 e. The third-order valence-corrected chi connectivity index (χ3v) is 7.89. The largest absolute Gasteiger partial charge is 0.344 e. The van der Waals surface area contributed by atoms with Gasteiger partial charge in [0, 0.05) is 6.54 Å². The summed E-state index contributed by atoms with van der Waals surface area (Å²) < 4.78 is 0. The van der Waals surface area contributed by atoms with E-state index in [9.17, 15) is 24.0 Å². The molecule has 3 rings (SSSR count). The lowest BCUT2D eigenvalue weighted by molar-refractivity contribution is -0.142. The van der Waals surface area contributed by atoms with E-state index in [2.05, 4.69) is 21.3 Å². The van der Waals surface area contributed by atoms with Crippen LogP contribution in [0.15, 0.2) is 60.7 Å². The van der Waals surface area contributed by atoms with Crippen LogP contribution in [0.4, 0.5) is 0 Å². The molecule has 1 aliphatic heterocycles. The molecule has 0 unspecified atom stereocenters. The van der Waals surface area contributed by atoms with Crippen LogP contribution in [0.25, 0.3) is 0 Å². The molecular weight excluding hydrogens is 560 g/mol. The molecule has 2 aromatic rings. The summed E-state index contributed by atoms with van der Waals surface area (Å²) in [4.78, 5) is 66.4. The molecule has 1 saturated heterocycles. The Bertz CT molecular complexity index is 1230. The van der Waals surface area contributed by atoms with Crippen molar-refractivity contribution >= 4 is 29.9 Å². The van der Waals surface area contributed by atoms with Crippen molar-refractivity contribution in [2.24, 2.45) is 5.73 Å². The van der Waals surface area contributed by atoms with Crippen molar-refractivity contribution in [1.29, 1.82) is 0 Å². The van der Waals surface area contributed by atoms with Crippen molar-refractivity contribution < 1.29 is 24.0 Å². The summed E-state index contributed by atoms with van der Waals surface area (Å²) in [6.07, 6.45) is 4.24. The van der Waals surface area contributed by atoms with Gasteiger partial charge in [0.05, 0.1) is 12.1 Å². The maximum absolute atomic E-state index is 13.8. The summed E-state index contributed by atoms with van der Waals surface area (Å²) in [6.45, 7) is 2.37. The molecular formula is C33H46N6O5. The Balaban J connectivity index is 1.63. The molecule has 0 spiro atoms. The lowest BCUT2D eigenvalue weighted by Gasteiger charge is -2.30. The summed E-state index contributed by atoms with van der Waals surface area (Å²) in [7, 11) is 1.70. The number of carbonyl (C=O) groups excluding carboxylic acids is 5. The minimum Gasteiger partial charge on any atom is -0.344 e. The van der Waals surface area contributed by atoms with Crippen molar-refractivity contribution in [3.05, 3.63) is 71.8 Å². The van der Waals surface area contributed by atoms with E-state index < -0.39 is 42.0 Å². The van der Waals surface area contributed by atoms with E-state index in [0.29, 0.717) is 64.3 Å². The third-order valence-electron chi connectivity index (χ3n) is 7.89. The molecule has 1 aliphatic rings. The summed E-state index contributed by atoms with van der Waals surface area (Å²) in [5.74, 6) is -1.57. The summed E-state index contributed by atoms with van der Waals surface area (Å²) in [5.41, 5.74) is 7.57. The van der Waals surface area contributed by atoms with Crippen molar-refractivity contribution in [1.82, 2.24) is 26.2 Å². The molecule has 238 valence electrons. The van der Waals surface area contributed by atoms with Gasteiger partial charge < -0.3 is 36.7 Å². The van der Waals surface area contributed by atoms with Gasteiger partial charge in [-0.05, 0) is 76.6 Å². The molecule has 0 radical (unpaired) electrons. The highest BCUT2D eigenvalue weighted by atomic mass is 16.2. The molecule has 6 N–H and O–H groups in total. The molecule has 0 saturated carbocycles. The number of unbranched alkanes of at least 4 members (excludes halogenated alkanes) is 1. The van der Waals surface area contributed by atoms with E-state index in [1.54, 1.807) is 14.0 Å². The molecule has 11 heteroatoms. The van der Waals surface area contributed by atoms with Gasteiger partial charge in [-0.25, -0.2) is 0 Å². The highest BCUT2D eigenvalue weighted by Crippen LogP contribution is 2.20. The molecule has 2 aromatic carbocycles. The molecule has 11 nitrogen and oxygen atoms in total. The zero-order chi connectivity index (χ0) is 31.9. The number of nitrogens with two attached hydrogens (primary N) is 1. The van der Waals surface area contributed by atoms with Gasteiger partial charge in [0.25, 0.3) is 0 Å². The number of carbonyl (C=O) groups is 5. The summed E-state index contributed by atoms with van der Waals surface area (Å²) in [5, 5.41) is 11.4. The predicted molar refractivity (Wildman–Crippen MR) is 168 cm³/mol. The number of nitrogens with zero attached hydrogens (tertiary/aromatic N) is 1. The maximum atomic E-state index is 13.8. The number of likely N-dealkylation sites (tertiary alicyclic amines) is 1. The second-order valence-corrected chi connectivity index (χ2v) is 11.2. The number of nitrogens with one attached hydrogen (secondary N) is 4. The number of hydrogen-bond acceptors (Lipinski definition) is 7. The van der Waals surface area contributed by atoms with Crippen molar-refractivity contribution in [3.63, 3.8) is 0 Å². The standard InChI is InChI=1S/C33H46N6O5/c1-23(30(41)37-26(22-40)20-24-12-5-3-6-13-24)36-32(43)29-17-11-19-39(29)33(44)27(16-9-10-18-34)38-31(42)28(35-2)21-25-14-7-4-8-15-25/h3-8,12-15,22-23,26-29,35H,9-11,16-21,34H2,1-2H3,(H,36,43)(H,37,41)(H,38,42)/t23-,26-,27-,28-,29-/m0/s1. The minimum atomic E-state index is -0.923. The van der Waals surface area contributed by atoms with Gasteiger partial charge in [-0.1, -0.05) is 60.7 Å². The topological polar surface area (TPSA) is 163 Å². The second kappa shape index (κ2) is 17.9. The predicted octanol–water partition coefficient (Wildman–Crippen LogP) is 0.853. The lowest BCUT2D eigenvalue weighted by Crippen LogP contribution is -2.57. The van der Waals surface area contributed by atoms with Crippen LogP contribution in [0.3, 0.4) is 0 Å². The quantitative estimate of drug-likeness (QED) is 0.132. The van der Waals surface area contributed by atoms with E-state index in [4.69, 9.17) is 5.73 Å². The summed E-state index contributed by atoms with van der Waals surface area (Å²) in [6, 6.07) is 15.1. The Hall–Kier alpha value is -4.09. The molecule has 1 heterocycles. The highest BCUT2D eigenvalue weighted by Gasteiger charge is 2.38. The molecule has 0 aliphatic carbocycles. The smallest absolute Gasteiger partial charge is 0.245 e. The van der Waals surface area contributed by atoms with E-state index in [0.717, 1.165) is 11.1 Å². The van der Waals surface area contributed by atoms with Gasteiger partial charge in [-0.3, -0.25) is 19.2 Å². The third kappa shape index (κ3) is 10.3. The number of hydrogen-bond donors (Lipinski definition) is 5. The van der Waals surface area contributed by atoms with Crippen LogP contribution < -0.4 is 27.0 Å². The second-order valence-electron chi connectivity index (χ2n) is 11.2. The normalized spacial score (nSPS) is 17.2. The molecule has 44 heavy (non-hydrogen) atoms. The average molecular weight is 607 g/mol. The van der Waals surface area contributed by atoms with Crippen molar-refractivity contribution in [2.45, 2.75) is 82.1 Å². The van der Waals surface area contributed by atoms with Crippen LogP contribution >= 0.6 is 0 Å². The van der Waals surface area contributed by atoms with Gasteiger partial charge in [0.1, 0.15) is 24.4 Å². The van der Waals surface area contributed by atoms with Crippen LogP contribution in [0, 0.1) is 0 Å². The Kier molecular flexibility index (Phi) is 14.0. The molecule has 0 bridgehead atoms. The zero-order valence-electron chi connectivity index (χ0n) is 25.7. The van der Waals surface area contributed by atoms with Crippen LogP contribution in [-0.2, 0) is 36.8 Å². The first kappa shape index (κ1) is 34.4. The van der Waals surface area contributed by atoms with Crippen LogP contribution in [0.2, 0.25) is 0 Å². The van der Waals surface area contributed by atoms with Gasteiger partial charge in [-0.2, -0.15) is 0 Å². The Labute approximate surface area is 259 Å². The number of aldehydes is 1. The highest BCUT2D eigenvalue weighted by molar-refractivity contribution is 5.95. The van der Waals surface area contributed by atoms with Gasteiger partial charge in [-0.15, -0.1) is 0 Å². The fraction of sp³-hybridized carbons (Fsp3) is 0.485. The molecule has 4 amide bonds. The Morgan fingerprint density at radius 2 is 1.52 bits per heavy atom. The van der Waals surface area contributed by atoms with E-state index in [1.807, 2.05) is 60.7 Å². The Morgan fingerprint density at radius 1 is 0.886 bits per heavy atom. The van der Waals surface area contributed by atoms with E-state index in [1.165, 1.54) is 4.90 Å². The fourth-order valence-corrected chi connectivity index (χ4v) is 5.39. The van der Waals surface area contributed by atoms with Gasteiger partial charge in [0.15, 0.2) is 0 Å². The van der Waals surface area contributed by atoms with Crippen LogP contribution in [0.5, 0.6) is 0 Å². The molecule has 5 atom stereocenters. The zero-order valence-corrected chi connectivity index (χ0v) is 25.7. The average Bonchev–Trinajstić information content (AvgIpc) is 3.54. The van der Waals surface area contributed by atoms with E-state index in [-0.39, 0.29) is 11.8 Å². The first-order valence-corrected chi connectivity index (χ1v) is 15.4.